The minimum Gasteiger partial charge on any atom is -0.276 e. The first-order valence-corrected chi connectivity index (χ1v) is 7.24. The zero-order valence-corrected chi connectivity index (χ0v) is 12.3. The van der Waals surface area contributed by atoms with Gasteiger partial charge < -0.3 is 0 Å². The molecule has 0 aromatic heterocycles. The molecule has 18 heavy (non-hydrogen) atoms. The van der Waals surface area contributed by atoms with E-state index < -0.39 is 0 Å². The summed E-state index contributed by atoms with van der Waals surface area (Å²) in [5.74, 6) is 0.953. The molecule has 1 aromatic carbocycles. The summed E-state index contributed by atoms with van der Waals surface area (Å²) in [6.45, 7) is 6.64. The first-order valence-electron chi connectivity index (χ1n) is 6.86. The van der Waals surface area contributed by atoms with E-state index in [2.05, 4.69) is 20.8 Å². The first kappa shape index (κ1) is 15.2. The summed E-state index contributed by atoms with van der Waals surface area (Å²) in [6, 6.07) is 7.75. The number of hydrogen-bond acceptors (Lipinski definition) is 1. The Bertz CT molecular complexity index is 384. The highest BCUT2D eigenvalue weighted by Crippen LogP contribution is 2.32. The van der Waals surface area contributed by atoms with Crippen LogP contribution in [0.3, 0.4) is 0 Å². The van der Waals surface area contributed by atoms with E-state index in [9.17, 15) is 4.79 Å². The van der Waals surface area contributed by atoms with E-state index in [1.807, 2.05) is 24.3 Å². The van der Waals surface area contributed by atoms with Gasteiger partial charge in [-0.15, -0.1) is 0 Å². The maximum absolute atomic E-state index is 11.5. The molecule has 1 atom stereocenters. The van der Waals surface area contributed by atoms with Crippen molar-refractivity contribution in [1.29, 1.82) is 0 Å². The van der Waals surface area contributed by atoms with Crippen LogP contribution < -0.4 is 0 Å². The van der Waals surface area contributed by atoms with E-state index in [-0.39, 0.29) is 5.24 Å². The smallest absolute Gasteiger partial charge is 0.252 e. The molecule has 0 aliphatic carbocycles. The van der Waals surface area contributed by atoms with E-state index in [0.717, 1.165) is 12.0 Å². The minimum absolute atomic E-state index is 0.341. The number of unbranched alkanes of at least 4 members (excludes halogenated alkanes) is 2. The number of carbonyl (C=O) groups is 1. The summed E-state index contributed by atoms with van der Waals surface area (Å²) in [5, 5.41) is -0.341. The fourth-order valence-corrected chi connectivity index (χ4v) is 2.63. The third-order valence-corrected chi connectivity index (χ3v) is 3.70. The lowest BCUT2D eigenvalue weighted by molar-refractivity contribution is 0.107. The monoisotopic (exact) mass is 266 g/mol. The Morgan fingerprint density at radius 3 is 2.44 bits per heavy atom. The van der Waals surface area contributed by atoms with Crippen molar-refractivity contribution in [3.05, 3.63) is 35.4 Å². The van der Waals surface area contributed by atoms with Gasteiger partial charge in [0.1, 0.15) is 0 Å². The zero-order chi connectivity index (χ0) is 13.5. The number of rotatable bonds is 7. The van der Waals surface area contributed by atoms with E-state index in [1.54, 1.807) is 0 Å². The molecule has 0 N–H and O–H groups in total. The van der Waals surface area contributed by atoms with Gasteiger partial charge in [0, 0.05) is 5.56 Å². The van der Waals surface area contributed by atoms with Gasteiger partial charge in [-0.3, -0.25) is 4.79 Å². The lowest BCUT2D eigenvalue weighted by Gasteiger charge is -2.23. The maximum Gasteiger partial charge on any atom is 0.252 e. The van der Waals surface area contributed by atoms with Crippen molar-refractivity contribution in [3.63, 3.8) is 0 Å². The molecule has 0 fully saturated rings. The summed E-state index contributed by atoms with van der Waals surface area (Å²) in [6.07, 6.45) is 4.82. The molecule has 0 bridgehead atoms. The van der Waals surface area contributed by atoms with E-state index in [4.69, 9.17) is 11.6 Å². The zero-order valence-electron chi connectivity index (χ0n) is 11.6. The van der Waals surface area contributed by atoms with Crippen LogP contribution in [0.15, 0.2) is 24.3 Å². The molecule has 0 aliphatic heterocycles. The molecule has 1 rings (SSSR count). The normalized spacial score (nSPS) is 12.7. The van der Waals surface area contributed by atoms with Crippen LogP contribution in [0, 0.1) is 5.92 Å². The third kappa shape index (κ3) is 4.13. The molecule has 100 valence electrons. The lowest BCUT2D eigenvalue weighted by atomic mass is 9.82. The molecular formula is C16H23ClO. The van der Waals surface area contributed by atoms with Gasteiger partial charge in [-0.25, -0.2) is 0 Å². The van der Waals surface area contributed by atoms with Gasteiger partial charge in [0.2, 0.25) is 0 Å². The standard InChI is InChI=1S/C16H23ClO/c1-4-5-6-9-13(12(2)3)14-10-7-8-11-15(14)16(17)18/h7-8,10-13H,4-6,9H2,1-3H3. The third-order valence-electron chi connectivity index (χ3n) is 3.50. The predicted octanol–water partition coefficient (Wildman–Crippen LogP) is 5.39. The molecule has 0 aliphatic rings. The lowest BCUT2D eigenvalue weighted by Crippen LogP contribution is -2.11. The van der Waals surface area contributed by atoms with Crippen molar-refractivity contribution in [3.8, 4) is 0 Å². The highest BCUT2D eigenvalue weighted by Gasteiger charge is 2.20. The van der Waals surface area contributed by atoms with Crippen LogP contribution in [0.1, 0.15) is 68.3 Å². The van der Waals surface area contributed by atoms with Crippen molar-refractivity contribution in [2.75, 3.05) is 0 Å². The van der Waals surface area contributed by atoms with Gasteiger partial charge in [0.05, 0.1) is 0 Å². The Kier molecular flexibility index (Phi) is 6.42. The van der Waals surface area contributed by atoms with Crippen molar-refractivity contribution < 1.29 is 4.79 Å². The average molecular weight is 267 g/mol. The number of hydrogen-bond donors (Lipinski definition) is 0. The Morgan fingerprint density at radius 2 is 1.89 bits per heavy atom. The molecule has 2 heteroatoms. The van der Waals surface area contributed by atoms with Crippen LogP contribution in [-0.4, -0.2) is 5.24 Å². The average Bonchev–Trinajstić information content (AvgIpc) is 2.34. The van der Waals surface area contributed by atoms with E-state index >= 15 is 0 Å². The summed E-state index contributed by atoms with van der Waals surface area (Å²) >= 11 is 5.68. The molecule has 1 nitrogen and oxygen atoms in total. The molecule has 0 amide bonds. The van der Waals surface area contributed by atoms with Gasteiger partial charge in [-0.05, 0) is 41.5 Å². The minimum atomic E-state index is -0.341. The van der Waals surface area contributed by atoms with Crippen LogP contribution in [0.2, 0.25) is 0 Å². The molecule has 1 aromatic rings. The second-order valence-corrected chi connectivity index (χ2v) is 5.55. The Balaban J connectivity index is 2.94. The number of carbonyl (C=O) groups excluding carboxylic acids is 1. The Hall–Kier alpha value is -0.820. The maximum atomic E-state index is 11.5. The fraction of sp³-hybridized carbons (Fsp3) is 0.562. The van der Waals surface area contributed by atoms with Crippen molar-refractivity contribution >= 4 is 16.8 Å². The summed E-state index contributed by atoms with van der Waals surface area (Å²) in [7, 11) is 0. The van der Waals surface area contributed by atoms with Crippen LogP contribution in [-0.2, 0) is 0 Å². The Morgan fingerprint density at radius 1 is 1.22 bits per heavy atom. The second kappa shape index (κ2) is 7.58. The van der Waals surface area contributed by atoms with Gasteiger partial charge in [0.25, 0.3) is 5.24 Å². The molecule has 1 unspecified atom stereocenters. The van der Waals surface area contributed by atoms with Crippen molar-refractivity contribution in [2.45, 2.75) is 52.4 Å². The fourth-order valence-electron chi connectivity index (χ4n) is 2.46. The topological polar surface area (TPSA) is 17.1 Å². The van der Waals surface area contributed by atoms with Crippen LogP contribution in [0.4, 0.5) is 0 Å². The molecule has 0 saturated heterocycles. The molecule has 0 heterocycles. The number of benzene rings is 1. The molecule has 0 spiro atoms. The SMILES string of the molecule is CCCCCC(c1ccccc1C(=O)Cl)C(C)C. The van der Waals surface area contributed by atoms with Gasteiger partial charge in [-0.2, -0.15) is 0 Å². The number of halogens is 1. The van der Waals surface area contributed by atoms with Gasteiger partial charge >= 0.3 is 0 Å². The van der Waals surface area contributed by atoms with E-state index in [0.29, 0.717) is 17.4 Å². The molecule has 0 radical (unpaired) electrons. The van der Waals surface area contributed by atoms with Crippen LogP contribution in [0.25, 0.3) is 0 Å². The molecule has 0 saturated carbocycles. The Labute approximate surface area is 116 Å². The summed E-state index contributed by atoms with van der Waals surface area (Å²) in [5.41, 5.74) is 1.79. The van der Waals surface area contributed by atoms with E-state index in [1.165, 1.54) is 19.3 Å². The highest BCUT2D eigenvalue weighted by atomic mass is 35.5. The summed E-state index contributed by atoms with van der Waals surface area (Å²) in [4.78, 5) is 11.5. The second-order valence-electron chi connectivity index (χ2n) is 5.21. The first-order chi connectivity index (χ1) is 8.57. The highest BCUT2D eigenvalue weighted by molar-refractivity contribution is 6.67. The van der Waals surface area contributed by atoms with Crippen molar-refractivity contribution in [2.24, 2.45) is 5.92 Å². The van der Waals surface area contributed by atoms with Crippen LogP contribution >= 0.6 is 11.6 Å². The quantitative estimate of drug-likeness (QED) is 0.478. The van der Waals surface area contributed by atoms with Crippen molar-refractivity contribution in [1.82, 2.24) is 0 Å². The molecular weight excluding hydrogens is 244 g/mol. The van der Waals surface area contributed by atoms with Crippen LogP contribution in [0.5, 0.6) is 0 Å². The van der Waals surface area contributed by atoms with Gasteiger partial charge in [-0.1, -0.05) is 58.2 Å². The predicted molar refractivity (Wildman–Crippen MR) is 78.3 cm³/mol. The summed E-state index contributed by atoms with van der Waals surface area (Å²) < 4.78 is 0. The largest absolute Gasteiger partial charge is 0.276 e. The van der Waals surface area contributed by atoms with Gasteiger partial charge in [0.15, 0.2) is 0 Å².